The summed E-state index contributed by atoms with van der Waals surface area (Å²) in [6.07, 6.45) is 2.17. The van der Waals surface area contributed by atoms with Gasteiger partial charge in [-0.15, -0.1) is 0 Å². The first-order valence-electron chi connectivity index (χ1n) is 3.54. The van der Waals surface area contributed by atoms with Crippen molar-refractivity contribution >= 4 is 21.7 Å². The van der Waals surface area contributed by atoms with Gasteiger partial charge in [-0.3, -0.25) is 4.79 Å². The Morgan fingerprint density at radius 2 is 2.30 bits per heavy atom. The summed E-state index contributed by atoms with van der Waals surface area (Å²) in [6, 6.07) is 0. The van der Waals surface area contributed by atoms with Gasteiger partial charge in [0.15, 0.2) is 0 Å². The van der Waals surface area contributed by atoms with E-state index in [4.69, 9.17) is 0 Å². The van der Waals surface area contributed by atoms with Gasteiger partial charge in [-0.05, 0) is 12.8 Å². The van der Waals surface area contributed by atoms with E-state index in [0.717, 1.165) is 12.8 Å². The van der Waals surface area contributed by atoms with E-state index >= 15 is 0 Å². The van der Waals surface area contributed by atoms with Crippen LogP contribution in [0.3, 0.4) is 0 Å². The van der Waals surface area contributed by atoms with Crippen molar-refractivity contribution < 1.29 is 9.90 Å². The third-order valence-electron chi connectivity index (χ3n) is 2.70. The second kappa shape index (κ2) is 1.83. The summed E-state index contributed by atoms with van der Waals surface area (Å²) in [5.41, 5.74) is -0.670. The van der Waals surface area contributed by atoms with E-state index in [0.29, 0.717) is 6.42 Å². The number of hydrogen-bond donors (Lipinski definition) is 1. The van der Waals surface area contributed by atoms with E-state index in [1.54, 1.807) is 0 Å². The van der Waals surface area contributed by atoms with Gasteiger partial charge in [-0.2, -0.15) is 0 Å². The minimum Gasteiger partial charge on any atom is -0.388 e. The fourth-order valence-corrected chi connectivity index (χ4v) is 2.72. The number of aliphatic hydroxyl groups is 1. The van der Waals surface area contributed by atoms with Crippen LogP contribution in [0.15, 0.2) is 0 Å². The Hall–Kier alpha value is 0.110. The van der Waals surface area contributed by atoms with Crippen molar-refractivity contribution in [3.8, 4) is 0 Å². The zero-order chi connectivity index (χ0) is 7.35. The van der Waals surface area contributed by atoms with E-state index in [9.17, 15) is 9.90 Å². The highest BCUT2D eigenvalue weighted by Gasteiger charge is 2.59. The molecule has 2 aliphatic carbocycles. The lowest BCUT2D eigenvalue weighted by Gasteiger charge is -2.40. The number of carbonyl (C=O) groups excluding carboxylic acids is 1. The Morgan fingerprint density at radius 1 is 1.60 bits per heavy atom. The van der Waals surface area contributed by atoms with E-state index < -0.39 is 5.60 Å². The highest BCUT2D eigenvalue weighted by atomic mass is 79.9. The maximum atomic E-state index is 10.9. The van der Waals surface area contributed by atoms with Crippen molar-refractivity contribution in [1.82, 2.24) is 0 Å². The molecule has 0 amide bonds. The van der Waals surface area contributed by atoms with Crippen LogP contribution < -0.4 is 0 Å². The zero-order valence-corrected chi connectivity index (χ0v) is 7.10. The summed E-state index contributed by atoms with van der Waals surface area (Å²) in [6.45, 7) is 0. The predicted octanol–water partition coefficient (Wildman–Crippen LogP) is 0.864. The second-order valence-electron chi connectivity index (χ2n) is 3.23. The zero-order valence-electron chi connectivity index (χ0n) is 5.51. The average molecular weight is 205 g/mol. The first kappa shape index (κ1) is 6.80. The number of alkyl halides is 1. The number of halogens is 1. The highest BCUT2D eigenvalue weighted by molar-refractivity contribution is 9.09. The van der Waals surface area contributed by atoms with Crippen LogP contribution in [-0.4, -0.2) is 21.3 Å². The minimum atomic E-state index is -0.670. The number of Topliss-reactive ketones (excluding diaryl/α,β-unsaturated/α-hetero) is 1. The topological polar surface area (TPSA) is 37.3 Å². The van der Waals surface area contributed by atoms with Crippen LogP contribution in [0.2, 0.25) is 0 Å². The molecule has 3 unspecified atom stereocenters. The average Bonchev–Trinajstić information content (AvgIpc) is 2.06. The fraction of sp³-hybridized carbons (Fsp3) is 0.857. The molecule has 2 aliphatic rings. The number of hydrogen-bond acceptors (Lipinski definition) is 2. The molecule has 0 aromatic carbocycles. The van der Waals surface area contributed by atoms with Gasteiger partial charge in [0.1, 0.15) is 5.78 Å². The number of fused-ring (bicyclic) bond motifs is 1. The lowest BCUT2D eigenvalue weighted by atomic mass is 9.71. The molecule has 0 aromatic heterocycles. The van der Waals surface area contributed by atoms with E-state index in [-0.39, 0.29) is 16.5 Å². The van der Waals surface area contributed by atoms with Crippen LogP contribution in [0.5, 0.6) is 0 Å². The molecule has 0 bridgehead atoms. The molecule has 56 valence electrons. The maximum absolute atomic E-state index is 10.9. The Balaban J connectivity index is 2.24. The Morgan fingerprint density at radius 3 is 2.70 bits per heavy atom. The molecule has 2 fully saturated rings. The van der Waals surface area contributed by atoms with Gasteiger partial charge in [0.05, 0.1) is 5.60 Å². The van der Waals surface area contributed by atoms with Crippen molar-refractivity contribution in [3.05, 3.63) is 0 Å². The van der Waals surface area contributed by atoms with Gasteiger partial charge >= 0.3 is 0 Å². The Labute approximate surface area is 67.7 Å². The van der Waals surface area contributed by atoms with Gasteiger partial charge in [-0.1, -0.05) is 15.9 Å². The number of carbonyl (C=O) groups is 1. The highest BCUT2D eigenvalue weighted by Crippen LogP contribution is 2.50. The lowest BCUT2D eigenvalue weighted by Crippen LogP contribution is -2.55. The van der Waals surface area contributed by atoms with Crippen LogP contribution in [-0.2, 0) is 4.79 Å². The van der Waals surface area contributed by atoms with Crippen LogP contribution in [0.1, 0.15) is 19.3 Å². The molecule has 2 saturated carbocycles. The molecule has 1 N–H and O–H groups in total. The summed E-state index contributed by atoms with van der Waals surface area (Å²) in [4.78, 5) is 11.0. The van der Waals surface area contributed by atoms with Crippen LogP contribution in [0.4, 0.5) is 0 Å². The molecule has 0 heterocycles. The summed E-state index contributed by atoms with van der Waals surface area (Å²) < 4.78 is 0. The third-order valence-corrected chi connectivity index (χ3v) is 3.95. The van der Waals surface area contributed by atoms with Gasteiger partial charge < -0.3 is 5.11 Å². The molecule has 0 radical (unpaired) electrons. The molecule has 3 heteroatoms. The van der Waals surface area contributed by atoms with Crippen molar-refractivity contribution in [2.24, 2.45) is 5.92 Å². The van der Waals surface area contributed by atoms with Gasteiger partial charge in [-0.25, -0.2) is 0 Å². The smallest absolute Gasteiger partial charge is 0.141 e. The van der Waals surface area contributed by atoms with Crippen molar-refractivity contribution in [3.63, 3.8) is 0 Å². The molecule has 0 aliphatic heterocycles. The van der Waals surface area contributed by atoms with Gasteiger partial charge in [0, 0.05) is 17.2 Å². The summed E-state index contributed by atoms with van der Waals surface area (Å²) in [5, 5.41) is 9.72. The lowest BCUT2D eigenvalue weighted by molar-refractivity contribution is -0.151. The monoisotopic (exact) mass is 204 g/mol. The Bertz CT molecular complexity index is 192. The third kappa shape index (κ3) is 0.601. The van der Waals surface area contributed by atoms with Gasteiger partial charge in [0.2, 0.25) is 0 Å². The van der Waals surface area contributed by atoms with Crippen LogP contribution in [0.25, 0.3) is 0 Å². The second-order valence-corrected chi connectivity index (χ2v) is 4.34. The molecule has 3 atom stereocenters. The molecule has 2 rings (SSSR count). The van der Waals surface area contributed by atoms with E-state index in [1.165, 1.54) is 0 Å². The standard InChI is InChI=1S/C7H9BrO2/c8-6-2-1-4-5(9)3-7(4,6)10/h4,6,10H,1-3H2. The summed E-state index contributed by atoms with van der Waals surface area (Å²) in [5.74, 6) is 0.196. The SMILES string of the molecule is O=C1CC2(O)C(Br)CCC12. The van der Waals surface area contributed by atoms with Crippen LogP contribution >= 0.6 is 15.9 Å². The minimum absolute atomic E-state index is 0.0446. The van der Waals surface area contributed by atoms with Gasteiger partial charge in [0.25, 0.3) is 0 Å². The maximum Gasteiger partial charge on any atom is 0.141 e. The van der Waals surface area contributed by atoms with E-state index in [1.807, 2.05) is 0 Å². The quantitative estimate of drug-likeness (QED) is 0.595. The molecule has 0 aromatic rings. The molecule has 10 heavy (non-hydrogen) atoms. The molecule has 0 saturated heterocycles. The fourth-order valence-electron chi connectivity index (χ4n) is 1.98. The van der Waals surface area contributed by atoms with E-state index in [2.05, 4.69) is 15.9 Å². The number of ketones is 1. The normalized spacial score (nSPS) is 52.4. The van der Waals surface area contributed by atoms with Crippen molar-refractivity contribution in [2.45, 2.75) is 29.7 Å². The molecular formula is C7H9BrO2. The van der Waals surface area contributed by atoms with Crippen molar-refractivity contribution in [1.29, 1.82) is 0 Å². The Kier molecular flexibility index (Phi) is 1.24. The van der Waals surface area contributed by atoms with Crippen molar-refractivity contribution in [2.75, 3.05) is 0 Å². The summed E-state index contributed by atoms with van der Waals surface area (Å²) in [7, 11) is 0. The first-order valence-corrected chi connectivity index (χ1v) is 4.45. The molecule has 2 nitrogen and oxygen atoms in total. The summed E-state index contributed by atoms with van der Waals surface area (Å²) >= 11 is 3.38. The van der Waals surface area contributed by atoms with Crippen LogP contribution in [0, 0.1) is 5.92 Å². The first-order chi connectivity index (χ1) is 4.64. The largest absolute Gasteiger partial charge is 0.388 e. The predicted molar refractivity (Wildman–Crippen MR) is 40.0 cm³/mol. The number of rotatable bonds is 0. The molecule has 0 spiro atoms. The molecular weight excluding hydrogens is 196 g/mol.